The van der Waals surface area contributed by atoms with E-state index in [0.717, 1.165) is 12.1 Å². The molecule has 1 fully saturated rings. The van der Waals surface area contributed by atoms with Crippen molar-refractivity contribution in [1.82, 2.24) is 10.6 Å². The summed E-state index contributed by atoms with van der Waals surface area (Å²) in [6.45, 7) is 2.38. The van der Waals surface area contributed by atoms with Gasteiger partial charge in [0.15, 0.2) is 0 Å². The number of morpholine rings is 1. The van der Waals surface area contributed by atoms with Crippen molar-refractivity contribution < 1.29 is 13.9 Å². The van der Waals surface area contributed by atoms with Crippen LogP contribution >= 0.6 is 0 Å². The first-order valence-corrected chi connectivity index (χ1v) is 6.10. The van der Waals surface area contributed by atoms with Crippen LogP contribution in [0.25, 0.3) is 0 Å². The minimum atomic E-state index is -0.411. The SMILES string of the molecule is O=C(NCCc1cccc(F)c1)C1CNCCO1. The second-order valence-electron chi connectivity index (χ2n) is 4.23. The van der Waals surface area contributed by atoms with E-state index in [9.17, 15) is 9.18 Å². The van der Waals surface area contributed by atoms with Crippen molar-refractivity contribution in [2.45, 2.75) is 12.5 Å². The first-order valence-electron chi connectivity index (χ1n) is 6.10. The molecule has 5 heteroatoms. The van der Waals surface area contributed by atoms with E-state index in [1.54, 1.807) is 6.07 Å². The molecule has 1 amide bonds. The van der Waals surface area contributed by atoms with Gasteiger partial charge in [-0.25, -0.2) is 4.39 Å². The summed E-state index contributed by atoms with van der Waals surface area (Å²) in [7, 11) is 0. The van der Waals surface area contributed by atoms with Crippen LogP contribution in [-0.4, -0.2) is 38.3 Å². The van der Waals surface area contributed by atoms with Gasteiger partial charge in [-0.15, -0.1) is 0 Å². The lowest BCUT2D eigenvalue weighted by atomic mass is 10.1. The molecule has 1 saturated heterocycles. The van der Waals surface area contributed by atoms with Crippen molar-refractivity contribution in [2.24, 2.45) is 0 Å². The van der Waals surface area contributed by atoms with Gasteiger partial charge in [-0.2, -0.15) is 0 Å². The first kappa shape index (κ1) is 13.0. The zero-order valence-corrected chi connectivity index (χ0v) is 10.1. The number of hydrogen-bond acceptors (Lipinski definition) is 3. The highest BCUT2D eigenvalue weighted by Crippen LogP contribution is 2.03. The molecule has 4 nitrogen and oxygen atoms in total. The van der Waals surface area contributed by atoms with Crippen LogP contribution in [0.15, 0.2) is 24.3 Å². The van der Waals surface area contributed by atoms with Crippen LogP contribution in [0.2, 0.25) is 0 Å². The molecule has 98 valence electrons. The predicted molar refractivity (Wildman–Crippen MR) is 65.7 cm³/mol. The first-order chi connectivity index (χ1) is 8.75. The van der Waals surface area contributed by atoms with E-state index in [2.05, 4.69) is 10.6 Å². The largest absolute Gasteiger partial charge is 0.366 e. The molecule has 18 heavy (non-hydrogen) atoms. The number of carbonyl (C=O) groups is 1. The Labute approximate surface area is 106 Å². The summed E-state index contributed by atoms with van der Waals surface area (Å²) in [5.41, 5.74) is 0.873. The van der Waals surface area contributed by atoms with Crippen LogP contribution in [0.5, 0.6) is 0 Å². The summed E-state index contributed by atoms with van der Waals surface area (Å²) in [5.74, 6) is -0.364. The van der Waals surface area contributed by atoms with Crippen LogP contribution in [0, 0.1) is 5.82 Å². The highest BCUT2D eigenvalue weighted by atomic mass is 19.1. The molecule has 1 aromatic rings. The van der Waals surface area contributed by atoms with Gasteiger partial charge in [0.05, 0.1) is 6.61 Å². The van der Waals surface area contributed by atoms with Crippen molar-refractivity contribution in [3.8, 4) is 0 Å². The molecule has 1 aliphatic rings. The van der Waals surface area contributed by atoms with E-state index in [4.69, 9.17) is 4.74 Å². The quantitative estimate of drug-likeness (QED) is 0.819. The van der Waals surface area contributed by atoms with Crippen LogP contribution in [0.3, 0.4) is 0 Å². The maximum Gasteiger partial charge on any atom is 0.250 e. The maximum atomic E-state index is 12.9. The summed E-state index contributed by atoms with van der Waals surface area (Å²) in [6, 6.07) is 6.39. The summed E-state index contributed by atoms with van der Waals surface area (Å²) < 4.78 is 18.3. The molecule has 0 aromatic heterocycles. The molecule has 0 saturated carbocycles. The molecule has 1 unspecified atom stereocenters. The lowest BCUT2D eigenvalue weighted by Crippen LogP contribution is -2.48. The second-order valence-corrected chi connectivity index (χ2v) is 4.23. The summed E-state index contributed by atoms with van der Waals surface area (Å²) in [4.78, 5) is 11.7. The number of ether oxygens (including phenoxy) is 1. The topological polar surface area (TPSA) is 50.4 Å². The van der Waals surface area contributed by atoms with Gasteiger partial charge in [0.25, 0.3) is 0 Å². The van der Waals surface area contributed by atoms with Gasteiger partial charge >= 0.3 is 0 Å². The van der Waals surface area contributed by atoms with Crippen LogP contribution in [0.4, 0.5) is 4.39 Å². The third kappa shape index (κ3) is 3.78. The molecule has 1 aromatic carbocycles. The Morgan fingerprint density at radius 2 is 2.44 bits per heavy atom. The Morgan fingerprint density at radius 3 is 3.17 bits per heavy atom. The van der Waals surface area contributed by atoms with Crippen LogP contribution in [0.1, 0.15) is 5.56 Å². The number of carbonyl (C=O) groups excluding carboxylic acids is 1. The highest BCUT2D eigenvalue weighted by Gasteiger charge is 2.20. The molecule has 2 N–H and O–H groups in total. The smallest absolute Gasteiger partial charge is 0.250 e. The van der Waals surface area contributed by atoms with Gasteiger partial charge in [-0.05, 0) is 24.1 Å². The van der Waals surface area contributed by atoms with E-state index >= 15 is 0 Å². The fourth-order valence-corrected chi connectivity index (χ4v) is 1.87. The Morgan fingerprint density at radius 1 is 1.56 bits per heavy atom. The molecule has 0 spiro atoms. The van der Waals surface area contributed by atoms with E-state index in [-0.39, 0.29) is 11.7 Å². The normalized spacial score (nSPS) is 19.5. The Hall–Kier alpha value is -1.46. The molecule has 1 atom stereocenters. The Kier molecular flexibility index (Phi) is 4.66. The van der Waals surface area contributed by atoms with Gasteiger partial charge in [0, 0.05) is 19.6 Å². The van der Waals surface area contributed by atoms with Crippen molar-refractivity contribution in [1.29, 1.82) is 0 Å². The zero-order valence-electron chi connectivity index (χ0n) is 10.1. The predicted octanol–water partition coefficient (Wildman–Crippen LogP) is 0.473. The van der Waals surface area contributed by atoms with Gasteiger partial charge in [-0.1, -0.05) is 12.1 Å². The zero-order chi connectivity index (χ0) is 12.8. The lowest BCUT2D eigenvalue weighted by Gasteiger charge is -2.22. The standard InChI is InChI=1S/C13H17FN2O2/c14-11-3-1-2-10(8-11)4-5-16-13(17)12-9-15-6-7-18-12/h1-3,8,12,15H,4-7,9H2,(H,16,17). The molecular formula is C13H17FN2O2. The fourth-order valence-electron chi connectivity index (χ4n) is 1.87. The monoisotopic (exact) mass is 252 g/mol. The average Bonchev–Trinajstić information content (AvgIpc) is 2.40. The Balaban J connectivity index is 1.73. The van der Waals surface area contributed by atoms with Crippen LogP contribution in [-0.2, 0) is 16.0 Å². The van der Waals surface area contributed by atoms with Crippen molar-refractivity contribution >= 4 is 5.91 Å². The molecular weight excluding hydrogens is 235 g/mol. The van der Waals surface area contributed by atoms with Crippen molar-refractivity contribution in [3.05, 3.63) is 35.6 Å². The van der Waals surface area contributed by atoms with Crippen molar-refractivity contribution in [2.75, 3.05) is 26.2 Å². The minimum absolute atomic E-state index is 0.112. The number of hydrogen-bond donors (Lipinski definition) is 2. The van der Waals surface area contributed by atoms with Gasteiger partial charge < -0.3 is 15.4 Å². The van der Waals surface area contributed by atoms with E-state index in [0.29, 0.717) is 26.1 Å². The lowest BCUT2D eigenvalue weighted by molar-refractivity contribution is -0.134. The van der Waals surface area contributed by atoms with Crippen molar-refractivity contribution in [3.63, 3.8) is 0 Å². The maximum absolute atomic E-state index is 12.9. The minimum Gasteiger partial charge on any atom is -0.366 e. The van der Waals surface area contributed by atoms with Gasteiger partial charge in [-0.3, -0.25) is 4.79 Å². The summed E-state index contributed by atoms with van der Waals surface area (Å²) >= 11 is 0. The van der Waals surface area contributed by atoms with Crippen LogP contribution < -0.4 is 10.6 Å². The number of amides is 1. The number of rotatable bonds is 4. The highest BCUT2D eigenvalue weighted by molar-refractivity contribution is 5.81. The Bertz CT molecular complexity index is 406. The van der Waals surface area contributed by atoms with Gasteiger partial charge in [0.2, 0.25) is 5.91 Å². The third-order valence-corrected chi connectivity index (χ3v) is 2.82. The van der Waals surface area contributed by atoms with E-state index in [1.807, 2.05) is 6.07 Å². The molecule has 0 bridgehead atoms. The summed E-state index contributed by atoms with van der Waals surface area (Å²) in [6.07, 6.45) is 0.204. The summed E-state index contributed by atoms with van der Waals surface area (Å²) in [5, 5.41) is 5.89. The molecule has 1 heterocycles. The van der Waals surface area contributed by atoms with E-state index < -0.39 is 6.10 Å². The number of benzene rings is 1. The van der Waals surface area contributed by atoms with Gasteiger partial charge in [0.1, 0.15) is 11.9 Å². The molecule has 1 aliphatic heterocycles. The third-order valence-electron chi connectivity index (χ3n) is 2.82. The fraction of sp³-hybridized carbons (Fsp3) is 0.462. The number of nitrogens with one attached hydrogen (secondary N) is 2. The molecule has 0 aliphatic carbocycles. The molecule has 2 rings (SSSR count). The van der Waals surface area contributed by atoms with E-state index in [1.165, 1.54) is 12.1 Å². The molecule has 0 radical (unpaired) electrons. The second kappa shape index (κ2) is 6.47. The number of halogens is 1. The average molecular weight is 252 g/mol.